The van der Waals surface area contributed by atoms with E-state index in [1.54, 1.807) is 0 Å². The van der Waals surface area contributed by atoms with Gasteiger partial charge in [0.2, 0.25) is 0 Å². The van der Waals surface area contributed by atoms with Gasteiger partial charge in [-0.15, -0.1) is 0 Å². The lowest BCUT2D eigenvalue weighted by atomic mass is 10.1. The highest BCUT2D eigenvalue weighted by Crippen LogP contribution is 2.15. The second-order valence-corrected chi connectivity index (χ2v) is 3.34. The SMILES string of the molecule is CCc1ccc(Br)cc1C. The first-order valence-corrected chi connectivity index (χ1v) is 4.28. The summed E-state index contributed by atoms with van der Waals surface area (Å²) in [6, 6.07) is 6.41. The van der Waals surface area contributed by atoms with Gasteiger partial charge in [-0.3, -0.25) is 0 Å². The average Bonchev–Trinajstić information content (AvgIpc) is 1.88. The Hall–Kier alpha value is -0.300. The maximum absolute atomic E-state index is 3.43. The Labute approximate surface area is 70.4 Å². The van der Waals surface area contributed by atoms with Gasteiger partial charge in [-0.2, -0.15) is 0 Å². The van der Waals surface area contributed by atoms with Crippen LogP contribution in [0, 0.1) is 6.92 Å². The highest BCUT2D eigenvalue weighted by atomic mass is 79.9. The van der Waals surface area contributed by atoms with Crippen LogP contribution in [-0.4, -0.2) is 0 Å². The molecule has 0 atom stereocenters. The van der Waals surface area contributed by atoms with Crippen molar-refractivity contribution < 1.29 is 0 Å². The summed E-state index contributed by atoms with van der Waals surface area (Å²) in [4.78, 5) is 0. The van der Waals surface area contributed by atoms with Crippen LogP contribution in [0.1, 0.15) is 18.1 Å². The minimum absolute atomic E-state index is 1.12. The van der Waals surface area contributed by atoms with Crippen LogP contribution in [0.3, 0.4) is 0 Å². The summed E-state index contributed by atoms with van der Waals surface area (Å²) in [5, 5.41) is 0. The highest BCUT2D eigenvalue weighted by Gasteiger charge is 1.94. The molecule has 0 aromatic heterocycles. The lowest BCUT2D eigenvalue weighted by molar-refractivity contribution is 1.11. The van der Waals surface area contributed by atoms with Crippen LogP contribution in [0.4, 0.5) is 0 Å². The lowest BCUT2D eigenvalue weighted by Crippen LogP contribution is -1.84. The van der Waals surface area contributed by atoms with Crippen molar-refractivity contribution in [3.63, 3.8) is 0 Å². The van der Waals surface area contributed by atoms with E-state index in [2.05, 4.69) is 48.0 Å². The van der Waals surface area contributed by atoms with Crippen molar-refractivity contribution >= 4 is 15.9 Å². The summed E-state index contributed by atoms with van der Waals surface area (Å²) in [7, 11) is 0. The van der Waals surface area contributed by atoms with E-state index < -0.39 is 0 Å². The van der Waals surface area contributed by atoms with Gasteiger partial charge in [0.05, 0.1) is 0 Å². The molecule has 0 radical (unpaired) electrons. The average molecular weight is 199 g/mol. The van der Waals surface area contributed by atoms with Crippen molar-refractivity contribution in [1.29, 1.82) is 0 Å². The summed E-state index contributed by atoms with van der Waals surface area (Å²) in [6.07, 6.45) is 1.12. The molecule has 0 bridgehead atoms. The number of rotatable bonds is 1. The van der Waals surface area contributed by atoms with E-state index in [1.807, 2.05) is 0 Å². The van der Waals surface area contributed by atoms with E-state index >= 15 is 0 Å². The molecule has 0 saturated heterocycles. The fourth-order valence-corrected chi connectivity index (χ4v) is 1.53. The maximum Gasteiger partial charge on any atom is 0.0178 e. The molecular weight excluding hydrogens is 188 g/mol. The summed E-state index contributed by atoms with van der Waals surface area (Å²) >= 11 is 3.43. The van der Waals surface area contributed by atoms with Gasteiger partial charge in [-0.05, 0) is 36.6 Å². The number of aryl methyl sites for hydroxylation is 2. The number of hydrogen-bond donors (Lipinski definition) is 0. The molecule has 0 unspecified atom stereocenters. The molecule has 0 amide bonds. The van der Waals surface area contributed by atoms with Crippen LogP contribution < -0.4 is 0 Å². The molecule has 0 N–H and O–H groups in total. The Bertz CT molecular complexity index is 228. The fourth-order valence-electron chi connectivity index (χ4n) is 1.06. The second-order valence-electron chi connectivity index (χ2n) is 2.42. The molecule has 0 heterocycles. The summed E-state index contributed by atoms with van der Waals surface area (Å²) in [5.41, 5.74) is 2.81. The quantitative estimate of drug-likeness (QED) is 0.650. The van der Waals surface area contributed by atoms with Crippen LogP contribution in [0.25, 0.3) is 0 Å². The van der Waals surface area contributed by atoms with Gasteiger partial charge in [-0.25, -0.2) is 0 Å². The molecule has 0 spiro atoms. The largest absolute Gasteiger partial charge is 0.0613 e. The molecular formula is C9H11Br. The van der Waals surface area contributed by atoms with Crippen LogP contribution in [0.2, 0.25) is 0 Å². The van der Waals surface area contributed by atoms with Crippen LogP contribution in [0.5, 0.6) is 0 Å². The van der Waals surface area contributed by atoms with Crippen molar-refractivity contribution in [3.05, 3.63) is 33.8 Å². The normalized spacial score (nSPS) is 9.90. The van der Waals surface area contributed by atoms with Gasteiger partial charge in [-0.1, -0.05) is 28.9 Å². The van der Waals surface area contributed by atoms with Gasteiger partial charge in [0.15, 0.2) is 0 Å². The number of benzene rings is 1. The third-order valence-corrected chi connectivity index (χ3v) is 2.18. The zero-order valence-corrected chi connectivity index (χ0v) is 7.90. The van der Waals surface area contributed by atoms with E-state index in [1.165, 1.54) is 15.6 Å². The molecule has 1 heteroatoms. The van der Waals surface area contributed by atoms with Gasteiger partial charge < -0.3 is 0 Å². The Morgan fingerprint density at radius 3 is 2.60 bits per heavy atom. The minimum atomic E-state index is 1.12. The highest BCUT2D eigenvalue weighted by molar-refractivity contribution is 9.10. The Kier molecular flexibility index (Phi) is 2.50. The van der Waals surface area contributed by atoms with E-state index in [0.29, 0.717) is 0 Å². The third kappa shape index (κ3) is 1.60. The minimum Gasteiger partial charge on any atom is -0.0613 e. The van der Waals surface area contributed by atoms with Gasteiger partial charge in [0.1, 0.15) is 0 Å². The van der Waals surface area contributed by atoms with E-state index in [4.69, 9.17) is 0 Å². The molecule has 1 aromatic rings. The first kappa shape index (κ1) is 7.80. The molecule has 1 aromatic carbocycles. The van der Waals surface area contributed by atoms with Gasteiger partial charge in [0.25, 0.3) is 0 Å². The molecule has 10 heavy (non-hydrogen) atoms. The lowest BCUT2D eigenvalue weighted by Gasteiger charge is -2.01. The van der Waals surface area contributed by atoms with Crippen molar-refractivity contribution in [2.24, 2.45) is 0 Å². The van der Waals surface area contributed by atoms with Gasteiger partial charge in [0, 0.05) is 4.47 Å². The molecule has 0 aliphatic carbocycles. The zero-order valence-electron chi connectivity index (χ0n) is 6.32. The van der Waals surface area contributed by atoms with Crippen LogP contribution in [-0.2, 0) is 6.42 Å². The maximum atomic E-state index is 3.43. The second kappa shape index (κ2) is 3.20. The van der Waals surface area contributed by atoms with Crippen molar-refractivity contribution in [2.45, 2.75) is 20.3 Å². The fraction of sp³-hybridized carbons (Fsp3) is 0.333. The first-order valence-electron chi connectivity index (χ1n) is 3.49. The Morgan fingerprint density at radius 1 is 1.40 bits per heavy atom. The Balaban J connectivity index is 3.07. The van der Waals surface area contributed by atoms with Crippen LogP contribution >= 0.6 is 15.9 Å². The number of hydrogen-bond acceptors (Lipinski definition) is 0. The third-order valence-electron chi connectivity index (χ3n) is 1.69. The first-order chi connectivity index (χ1) is 4.74. The molecule has 0 saturated carbocycles. The van der Waals surface area contributed by atoms with Crippen molar-refractivity contribution in [3.8, 4) is 0 Å². The smallest absolute Gasteiger partial charge is 0.0178 e. The molecule has 1 rings (SSSR count). The van der Waals surface area contributed by atoms with Gasteiger partial charge >= 0.3 is 0 Å². The summed E-state index contributed by atoms with van der Waals surface area (Å²) in [5.74, 6) is 0. The monoisotopic (exact) mass is 198 g/mol. The number of halogens is 1. The Morgan fingerprint density at radius 2 is 2.10 bits per heavy atom. The van der Waals surface area contributed by atoms with Crippen molar-refractivity contribution in [1.82, 2.24) is 0 Å². The topological polar surface area (TPSA) is 0 Å². The van der Waals surface area contributed by atoms with Crippen molar-refractivity contribution in [2.75, 3.05) is 0 Å². The van der Waals surface area contributed by atoms with E-state index in [9.17, 15) is 0 Å². The molecule has 0 aliphatic heterocycles. The molecule has 0 aliphatic rings. The van der Waals surface area contributed by atoms with E-state index in [-0.39, 0.29) is 0 Å². The summed E-state index contributed by atoms with van der Waals surface area (Å²) in [6.45, 7) is 4.32. The molecule has 54 valence electrons. The summed E-state index contributed by atoms with van der Waals surface area (Å²) < 4.78 is 1.17. The predicted octanol–water partition coefficient (Wildman–Crippen LogP) is 3.32. The standard InChI is InChI=1S/C9H11Br/c1-3-8-4-5-9(10)6-7(8)2/h4-6H,3H2,1-2H3. The van der Waals surface area contributed by atoms with E-state index in [0.717, 1.165) is 6.42 Å². The van der Waals surface area contributed by atoms with Crippen LogP contribution in [0.15, 0.2) is 22.7 Å². The zero-order chi connectivity index (χ0) is 7.56. The molecule has 0 nitrogen and oxygen atoms in total. The molecule has 0 fully saturated rings. The predicted molar refractivity (Wildman–Crippen MR) is 48.3 cm³/mol.